The fourth-order valence-corrected chi connectivity index (χ4v) is 2.36. The highest BCUT2D eigenvalue weighted by Gasteiger charge is 1.87. The normalized spacial score (nSPS) is 12.1. The van der Waals surface area contributed by atoms with E-state index in [1.54, 1.807) is 0 Å². The predicted molar refractivity (Wildman–Crippen MR) is 70.6 cm³/mol. The van der Waals surface area contributed by atoms with E-state index >= 15 is 0 Å². The lowest BCUT2D eigenvalue weighted by Crippen LogP contribution is -1.78. The summed E-state index contributed by atoms with van der Waals surface area (Å²) in [6.07, 6.45) is 14.9. The monoisotopic (exact) mass is 214 g/mol. The standard InChI is InChI=1S/C13H27P/c1-3-5-7-9-11-13-14-12-10-8-6-4-2/h10,12,14H,3-9,11,13H2,1-2H3/b12-10+. The van der Waals surface area contributed by atoms with Crippen LogP contribution in [0.2, 0.25) is 0 Å². The molecular formula is C13H27P. The molecule has 0 aromatic heterocycles. The highest BCUT2D eigenvalue weighted by molar-refractivity contribution is 7.41. The Morgan fingerprint density at radius 2 is 1.57 bits per heavy atom. The van der Waals surface area contributed by atoms with Crippen LogP contribution in [0.15, 0.2) is 11.9 Å². The predicted octanol–water partition coefficient (Wildman–Crippen LogP) is 5.34. The first kappa shape index (κ1) is 14.2. The first-order valence-corrected chi connectivity index (χ1v) is 7.58. The van der Waals surface area contributed by atoms with E-state index in [0.717, 1.165) is 8.58 Å². The van der Waals surface area contributed by atoms with E-state index in [-0.39, 0.29) is 0 Å². The molecule has 0 rings (SSSR count). The molecule has 0 aliphatic heterocycles. The zero-order chi connectivity index (χ0) is 10.5. The minimum absolute atomic E-state index is 1.07. The molecule has 0 heterocycles. The van der Waals surface area contributed by atoms with Gasteiger partial charge in [0.05, 0.1) is 0 Å². The Kier molecular flexibility index (Phi) is 13.3. The number of hydrogen-bond acceptors (Lipinski definition) is 0. The third kappa shape index (κ3) is 12.2. The van der Waals surface area contributed by atoms with Gasteiger partial charge in [0.25, 0.3) is 0 Å². The molecule has 0 spiro atoms. The first-order valence-electron chi connectivity index (χ1n) is 6.30. The average molecular weight is 214 g/mol. The van der Waals surface area contributed by atoms with Crippen LogP contribution in [-0.2, 0) is 0 Å². The fourth-order valence-electron chi connectivity index (χ4n) is 1.40. The Hall–Kier alpha value is 0.170. The van der Waals surface area contributed by atoms with Crippen molar-refractivity contribution in [3.63, 3.8) is 0 Å². The van der Waals surface area contributed by atoms with Crippen molar-refractivity contribution in [2.24, 2.45) is 0 Å². The second kappa shape index (κ2) is 13.2. The summed E-state index contributed by atoms with van der Waals surface area (Å²) in [5.41, 5.74) is 0. The molecule has 0 aliphatic rings. The molecule has 0 N–H and O–H groups in total. The summed E-state index contributed by atoms with van der Waals surface area (Å²) >= 11 is 0. The van der Waals surface area contributed by atoms with Gasteiger partial charge < -0.3 is 0 Å². The van der Waals surface area contributed by atoms with E-state index in [2.05, 4.69) is 25.7 Å². The highest BCUT2D eigenvalue weighted by Crippen LogP contribution is 2.16. The van der Waals surface area contributed by atoms with Gasteiger partial charge >= 0.3 is 0 Å². The van der Waals surface area contributed by atoms with Crippen molar-refractivity contribution < 1.29 is 0 Å². The zero-order valence-electron chi connectivity index (χ0n) is 10.0. The molecule has 0 bridgehead atoms. The quantitative estimate of drug-likeness (QED) is 0.340. The zero-order valence-corrected chi connectivity index (χ0v) is 11.0. The molecule has 0 radical (unpaired) electrons. The van der Waals surface area contributed by atoms with Crippen LogP contribution in [0.4, 0.5) is 0 Å². The highest BCUT2D eigenvalue weighted by atomic mass is 31.1. The Morgan fingerprint density at radius 3 is 2.29 bits per heavy atom. The SMILES string of the molecule is CCCC/C=C/PCCCCCCC. The Balaban J connectivity index is 2.94. The molecule has 0 saturated heterocycles. The van der Waals surface area contributed by atoms with E-state index in [1.807, 2.05) is 0 Å². The third-order valence-corrected chi connectivity index (χ3v) is 3.50. The third-order valence-electron chi connectivity index (χ3n) is 2.38. The van der Waals surface area contributed by atoms with Gasteiger partial charge in [-0.05, 0) is 19.0 Å². The summed E-state index contributed by atoms with van der Waals surface area (Å²) < 4.78 is 0. The van der Waals surface area contributed by atoms with Crippen molar-refractivity contribution >= 4 is 8.58 Å². The van der Waals surface area contributed by atoms with Gasteiger partial charge in [0.1, 0.15) is 0 Å². The lowest BCUT2D eigenvalue weighted by Gasteiger charge is -1.97. The number of unbranched alkanes of at least 4 members (excludes halogenated alkanes) is 6. The van der Waals surface area contributed by atoms with Gasteiger partial charge in [-0.1, -0.05) is 72.8 Å². The molecule has 0 aromatic rings. The van der Waals surface area contributed by atoms with Crippen molar-refractivity contribution in [1.29, 1.82) is 0 Å². The molecule has 14 heavy (non-hydrogen) atoms. The van der Waals surface area contributed by atoms with Crippen LogP contribution in [0.25, 0.3) is 0 Å². The topological polar surface area (TPSA) is 0 Å². The van der Waals surface area contributed by atoms with Crippen molar-refractivity contribution in [3.05, 3.63) is 11.9 Å². The lowest BCUT2D eigenvalue weighted by atomic mass is 10.2. The summed E-state index contributed by atoms with van der Waals surface area (Å²) in [5, 5.41) is 0. The van der Waals surface area contributed by atoms with Gasteiger partial charge in [0.15, 0.2) is 0 Å². The number of hydrogen-bond donors (Lipinski definition) is 0. The van der Waals surface area contributed by atoms with Gasteiger partial charge in [-0.2, -0.15) is 0 Å². The maximum Gasteiger partial charge on any atom is -0.0319 e. The van der Waals surface area contributed by atoms with Gasteiger partial charge in [-0.25, -0.2) is 0 Å². The van der Waals surface area contributed by atoms with Crippen LogP contribution in [0.3, 0.4) is 0 Å². The van der Waals surface area contributed by atoms with E-state index < -0.39 is 0 Å². The Bertz CT molecular complexity index is 118. The molecule has 0 saturated carbocycles. The maximum atomic E-state index is 2.40. The molecule has 1 unspecified atom stereocenters. The first-order chi connectivity index (χ1) is 6.91. The minimum Gasteiger partial charge on any atom is -0.0987 e. The largest absolute Gasteiger partial charge is 0.0987 e. The fraction of sp³-hybridized carbons (Fsp3) is 0.846. The van der Waals surface area contributed by atoms with Crippen molar-refractivity contribution in [1.82, 2.24) is 0 Å². The van der Waals surface area contributed by atoms with E-state index in [4.69, 9.17) is 0 Å². The van der Waals surface area contributed by atoms with Crippen LogP contribution < -0.4 is 0 Å². The van der Waals surface area contributed by atoms with Crippen molar-refractivity contribution in [2.45, 2.75) is 65.2 Å². The van der Waals surface area contributed by atoms with E-state index in [1.165, 1.54) is 57.5 Å². The number of rotatable bonds is 10. The molecule has 1 atom stereocenters. The Labute approximate surface area is 92.3 Å². The second-order valence-corrected chi connectivity index (χ2v) is 5.15. The molecule has 0 fully saturated rings. The Morgan fingerprint density at radius 1 is 0.857 bits per heavy atom. The van der Waals surface area contributed by atoms with Gasteiger partial charge in [0.2, 0.25) is 0 Å². The molecule has 0 aliphatic carbocycles. The second-order valence-electron chi connectivity index (χ2n) is 3.91. The van der Waals surface area contributed by atoms with Gasteiger partial charge in [-0.15, -0.1) is 0 Å². The van der Waals surface area contributed by atoms with Crippen LogP contribution in [-0.4, -0.2) is 6.16 Å². The van der Waals surface area contributed by atoms with Crippen LogP contribution in [0.1, 0.15) is 65.2 Å². The van der Waals surface area contributed by atoms with Crippen molar-refractivity contribution in [2.75, 3.05) is 6.16 Å². The van der Waals surface area contributed by atoms with Gasteiger partial charge in [-0.3, -0.25) is 0 Å². The summed E-state index contributed by atoms with van der Waals surface area (Å²) in [6, 6.07) is 0. The van der Waals surface area contributed by atoms with Crippen molar-refractivity contribution in [3.8, 4) is 0 Å². The number of allylic oxidation sites excluding steroid dienone is 1. The van der Waals surface area contributed by atoms with Crippen LogP contribution in [0.5, 0.6) is 0 Å². The van der Waals surface area contributed by atoms with Gasteiger partial charge in [0, 0.05) is 0 Å². The summed E-state index contributed by atoms with van der Waals surface area (Å²) in [5.74, 6) is 2.40. The molecule has 1 heteroatoms. The lowest BCUT2D eigenvalue weighted by molar-refractivity contribution is 0.659. The average Bonchev–Trinajstić information content (AvgIpc) is 2.21. The molecule has 84 valence electrons. The van der Waals surface area contributed by atoms with Crippen LogP contribution in [0, 0.1) is 0 Å². The molecular weight excluding hydrogens is 187 g/mol. The van der Waals surface area contributed by atoms with E-state index in [0.29, 0.717) is 0 Å². The van der Waals surface area contributed by atoms with E-state index in [9.17, 15) is 0 Å². The molecule has 0 amide bonds. The minimum atomic E-state index is 1.07. The molecule has 0 nitrogen and oxygen atoms in total. The van der Waals surface area contributed by atoms with Crippen LogP contribution >= 0.6 is 8.58 Å². The summed E-state index contributed by atoms with van der Waals surface area (Å²) in [6.45, 7) is 4.53. The smallest absolute Gasteiger partial charge is 0.0319 e. The molecule has 0 aromatic carbocycles. The maximum absolute atomic E-state index is 2.40. The summed E-state index contributed by atoms with van der Waals surface area (Å²) in [7, 11) is 1.07. The summed E-state index contributed by atoms with van der Waals surface area (Å²) in [4.78, 5) is 0.